The van der Waals surface area contributed by atoms with E-state index in [0.717, 1.165) is 61.8 Å². The molecule has 36 heavy (non-hydrogen) atoms. The monoisotopic (exact) mass is 596 g/mol. The normalized spacial score (nSPS) is 31.9. The van der Waals surface area contributed by atoms with Crippen LogP contribution >= 0.6 is 39.1 Å². The van der Waals surface area contributed by atoms with Crippen LogP contribution in [0, 0.1) is 11.8 Å². The predicted molar refractivity (Wildman–Crippen MR) is 150 cm³/mol. The zero-order valence-electron chi connectivity index (χ0n) is 20.8. The molecule has 2 bridgehead atoms. The first-order valence-corrected chi connectivity index (χ1v) is 14.5. The number of fused-ring (bicyclic) bond motifs is 4. The standard InChI is InChI=1S/C26H35BrCl2N6O/c1-15-4-3-5-22(20-10-16(8-9-30-20)25-21(31-12-15)13-33-34(25)2)35-14-32-24(23(29)26(35)36)18-11-17(28)6-7-19(18)27/h6-7,11,14-16,20-22,25,30-31,33H,3-5,8-10,12-13H2,1-2H3/t15-,16?,20?,21?,22+,25?/m1/s1. The van der Waals surface area contributed by atoms with Crippen molar-refractivity contribution in [2.45, 2.75) is 63.2 Å². The number of hydrazine groups is 1. The summed E-state index contributed by atoms with van der Waals surface area (Å²) < 4.78 is 2.58. The maximum atomic E-state index is 13.7. The summed E-state index contributed by atoms with van der Waals surface area (Å²) in [4.78, 5) is 18.4. The zero-order valence-corrected chi connectivity index (χ0v) is 23.9. The summed E-state index contributed by atoms with van der Waals surface area (Å²) in [6.07, 6.45) is 6.91. The Morgan fingerprint density at radius 2 is 1.94 bits per heavy atom. The molecule has 10 heteroatoms. The fourth-order valence-corrected chi connectivity index (χ4v) is 7.23. The quantitative estimate of drug-likeness (QED) is 0.474. The van der Waals surface area contributed by atoms with Crippen LogP contribution in [0.5, 0.6) is 0 Å². The summed E-state index contributed by atoms with van der Waals surface area (Å²) in [7, 11) is 2.16. The molecule has 2 aromatic rings. The van der Waals surface area contributed by atoms with Gasteiger partial charge < -0.3 is 10.6 Å². The minimum absolute atomic E-state index is 0.000133. The van der Waals surface area contributed by atoms with Crippen LogP contribution in [0.15, 0.2) is 33.8 Å². The van der Waals surface area contributed by atoms with E-state index in [9.17, 15) is 4.79 Å². The van der Waals surface area contributed by atoms with Gasteiger partial charge in [0.2, 0.25) is 0 Å². The molecule has 3 saturated heterocycles. The number of nitrogens with one attached hydrogen (secondary N) is 3. The molecule has 6 atom stereocenters. The van der Waals surface area contributed by atoms with Crippen molar-refractivity contribution in [2.24, 2.45) is 11.8 Å². The van der Waals surface area contributed by atoms with Crippen molar-refractivity contribution < 1.29 is 0 Å². The van der Waals surface area contributed by atoms with E-state index >= 15 is 0 Å². The molecule has 5 rings (SSSR count). The second kappa shape index (κ2) is 11.4. The Labute approximate surface area is 231 Å². The van der Waals surface area contributed by atoms with Gasteiger partial charge in [-0.25, -0.2) is 9.99 Å². The highest BCUT2D eigenvalue weighted by Gasteiger charge is 2.41. The molecule has 0 radical (unpaired) electrons. The van der Waals surface area contributed by atoms with Crippen molar-refractivity contribution in [3.05, 3.63) is 49.4 Å². The van der Waals surface area contributed by atoms with E-state index in [1.54, 1.807) is 23.0 Å². The van der Waals surface area contributed by atoms with Crippen molar-refractivity contribution in [2.75, 3.05) is 26.7 Å². The molecule has 0 saturated carbocycles. The molecular weight excluding hydrogens is 563 g/mol. The molecule has 0 aliphatic carbocycles. The summed E-state index contributed by atoms with van der Waals surface area (Å²) >= 11 is 16.5. The van der Waals surface area contributed by atoms with E-state index < -0.39 is 0 Å². The first-order valence-electron chi connectivity index (χ1n) is 13.0. The van der Waals surface area contributed by atoms with Gasteiger partial charge in [0.05, 0.1) is 18.1 Å². The third kappa shape index (κ3) is 5.41. The Morgan fingerprint density at radius 3 is 2.78 bits per heavy atom. The molecule has 3 fully saturated rings. The van der Waals surface area contributed by atoms with Crippen molar-refractivity contribution in [1.29, 1.82) is 0 Å². The Bertz CT molecular complexity index is 1150. The number of halogens is 3. The van der Waals surface area contributed by atoms with Crippen molar-refractivity contribution in [3.63, 3.8) is 0 Å². The number of hydrogen-bond acceptors (Lipinski definition) is 6. The molecular formula is C26H35BrCl2N6O. The Morgan fingerprint density at radius 1 is 1.11 bits per heavy atom. The van der Waals surface area contributed by atoms with Crippen LogP contribution in [-0.2, 0) is 0 Å². The third-order valence-corrected chi connectivity index (χ3v) is 9.52. The highest BCUT2D eigenvalue weighted by atomic mass is 79.9. The molecule has 4 heterocycles. The van der Waals surface area contributed by atoms with Crippen LogP contribution in [-0.4, -0.2) is 59.4 Å². The third-order valence-electron chi connectivity index (χ3n) is 8.25. The number of piperidine rings is 1. The van der Waals surface area contributed by atoms with Gasteiger partial charge in [0, 0.05) is 46.8 Å². The fraction of sp³-hybridized carbons (Fsp3) is 0.615. The number of rotatable bonds is 2. The molecule has 3 aliphatic heterocycles. The topological polar surface area (TPSA) is 74.2 Å². The molecule has 196 valence electrons. The van der Waals surface area contributed by atoms with Crippen LogP contribution in [0.1, 0.15) is 45.1 Å². The van der Waals surface area contributed by atoms with E-state index in [4.69, 9.17) is 23.2 Å². The zero-order chi connectivity index (χ0) is 25.4. The second-order valence-electron chi connectivity index (χ2n) is 10.7. The molecule has 3 aliphatic rings. The second-order valence-corrected chi connectivity index (χ2v) is 12.3. The molecule has 7 nitrogen and oxygen atoms in total. The van der Waals surface area contributed by atoms with Crippen molar-refractivity contribution in [1.82, 2.24) is 30.6 Å². The minimum Gasteiger partial charge on any atom is -0.312 e. The number of nitrogens with zero attached hydrogens (tertiary/aromatic N) is 3. The molecule has 1 aromatic carbocycles. The number of benzene rings is 1. The molecule has 3 N–H and O–H groups in total. The Hall–Kier alpha value is -1.00. The maximum absolute atomic E-state index is 13.7. The smallest absolute Gasteiger partial charge is 0.273 e. The number of likely N-dealkylation sites (N-methyl/N-ethyl adjacent to an activating group) is 1. The molecule has 0 amide bonds. The first kappa shape index (κ1) is 26.6. The predicted octanol–water partition coefficient (Wildman–Crippen LogP) is 4.49. The van der Waals surface area contributed by atoms with Crippen LogP contribution in [0.25, 0.3) is 11.3 Å². The van der Waals surface area contributed by atoms with Gasteiger partial charge in [0.25, 0.3) is 5.56 Å². The Kier molecular flexibility index (Phi) is 8.42. The maximum Gasteiger partial charge on any atom is 0.273 e. The highest BCUT2D eigenvalue weighted by Crippen LogP contribution is 2.35. The lowest BCUT2D eigenvalue weighted by atomic mass is 9.80. The van der Waals surface area contributed by atoms with Gasteiger partial charge in [0.15, 0.2) is 0 Å². The summed E-state index contributed by atoms with van der Waals surface area (Å²) in [5, 5.41) is 10.6. The lowest BCUT2D eigenvalue weighted by Gasteiger charge is -2.42. The average Bonchev–Trinajstić information content (AvgIpc) is 3.24. The van der Waals surface area contributed by atoms with Gasteiger partial charge in [-0.2, -0.15) is 0 Å². The Balaban J connectivity index is 1.49. The van der Waals surface area contributed by atoms with Gasteiger partial charge in [-0.3, -0.25) is 14.8 Å². The molecule has 4 unspecified atom stereocenters. The summed E-state index contributed by atoms with van der Waals surface area (Å²) in [5.41, 5.74) is 4.53. The van der Waals surface area contributed by atoms with Gasteiger partial charge in [0.1, 0.15) is 5.02 Å². The van der Waals surface area contributed by atoms with E-state index in [1.165, 1.54) is 0 Å². The van der Waals surface area contributed by atoms with E-state index in [1.807, 2.05) is 6.07 Å². The first-order chi connectivity index (χ1) is 17.3. The number of hydrogen-bond donors (Lipinski definition) is 3. The van der Waals surface area contributed by atoms with Crippen LogP contribution in [0.4, 0.5) is 0 Å². The van der Waals surface area contributed by atoms with Crippen molar-refractivity contribution >= 4 is 39.1 Å². The van der Waals surface area contributed by atoms with Gasteiger partial charge in [-0.1, -0.05) is 52.5 Å². The average molecular weight is 598 g/mol. The minimum atomic E-state index is -0.193. The lowest BCUT2D eigenvalue weighted by molar-refractivity contribution is 0.108. The van der Waals surface area contributed by atoms with Crippen molar-refractivity contribution in [3.8, 4) is 11.3 Å². The van der Waals surface area contributed by atoms with E-state index in [-0.39, 0.29) is 22.7 Å². The van der Waals surface area contributed by atoms with Gasteiger partial charge in [-0.05, 0) is 68.8 Å². The van der Waals surface area contributed by atoms with Gasteiger partial charge in [-0.15, -0.1) is 0 Å². The summed E-state index contributed by atoms with van der Waals surface area (Å²) in [6.45, 7) is 5.25. The van der Waals surface area contributed by atoms with Crippen LogP contribution in [0.3, 0.4) is 0 Å². The summed E-state index contributed by atoms with van der Waals surface area (Å²) in [5.74, 6) is 1.11. The van der Waals surface area contributed by atoms with Crippen LogP contribution in [0.2, 0.25) is 10.0 Å². The van der Waals surface area contributed by atoms with Gasteiger partial charge >= 0.3 is 0 Å². The summed E-state index contributed by atoms with van der Waals surface area (Å²) in [6, 6.07) is 6.48. The van der Waals surface area contributed by atoms with Crippen LogP contribution < -0.4 is 21.6 Å². The largest absolute Gasteiger partial charge is 0.312 e. The molecule has 0 spiro atoms. The fourth-order valence-electron chi connectivity index (χ4n) is 6.37. The SMILES string of the molecule is C[C@@H]1CCC[C@H](n2cnc(-c3cc(Cl)ccc3Br)c(Cl)c2=O)C2CC(CCN2)C2C(CNN2C)NC1. The number of aromatic nitrogens is 2. The van der Waals surface area contributed by atoms with E-state index in [0.29, 0.717) is 34.6 Å². The lowest BCUT2D eigenvalue weighted by Crippen LogP contribution is -2.54. The van der Waals surface area contributed by atoms with E-state index in [2.05, 4.69) is 56.0 Å². The molecule has 1 aromatic heterocycles. The highest BCUT2D eigenvalue weighted by molar-refractivity contribution is 9.10.